The number of benzene rings is 4. The van der Waals surface area contributed by atoms with E-state index in [0.29, 0.717) is 0 Å². The van der Waals surface area contributed by atoms with Crippen molar-refractivity contribution in [3.63, 3.8) is 0 Å². The Morgan fingerprint density at radius 2 is 1.15 bits per heavy atom. The van der Waals surface area contributed by atoms with Crippen molar-refractivity contribution in [3.05, 3.63) is 114 Å². The molecule has 7 rings (SSSR count). The summed E-state index contributed by atoms with van der Waals surface area (Å²) in [6.45, 7) is 2.20. The Bertz CT molecular complexity index is 1670. The molecule has 1 aliphatic rings. The van der Waals surface area contributed by atoms with Gasteiger partial charge in [-0.15, -0.1) is 0 Å². The van der Waals surface area contributed by atoms with Crippen LogP contribution in [0.5, 0.6) is 0 Å². The van der Waals surface area contributed by atoms with Crippen molar-refractivity contribution in [2.45, 2.75) is 19.8 Å². The lowest BCUT2D eigenvalue weighted by molar-refractivity contribution is 0.966. The van der Waals surface area contributed by atoms with Gasteiger partial charge in [0.1, 0.15) is 0 Å². The second kappa shape index (κ2) is 6.98. The molecule has 158 valence electrons. The minimum absolute atomic E-state index is 1.10. The van der Waals surface area contributed by atoms with Gasteiger partial charge in [0.05, 0.1) is 16.6 Å². The molecule has 0 radical (unpaired) electrons. The van der Waals surface area contributed by atoms with Crippen molar-refractivity contribution < 1.29 is 0 Å². The number of fused-ring (bicyclic) bond motifs is 6. The molecular formula is C31H24N2. The van der Waals surface area contributed by atoms with Crippen LogP contribution in [-0.4, -0.2) is 9.13 Å². The normalized spacial score (nSPS) is 13.2. The van der Waals surface area contributed by atoms with E-state index in [-0.39, 0.29) is 0 Å². The molecule has 2 heterocycles. The fraction of sp³-hybridized carbons (Fsp3) is 0.0968. The highest BCUT2D eigenvalue weighted by Crippen LogP contribution is 2.36. The summed E-state index contributed by atoms with van der Waals surface area (Å²) in [6, 6.07) is 33.2. The quantitative estimate of drug-likeness (QED) is 0.266. The van der Waals surface area contributed by atoms with Crippen LogP contribution in [0.25, 0.3) is 50.2 Å². The summed E-state index contributed by atoms with van der Waals surface area (Å²) in [6.07, 6.45) is 6.83. The zero-order valence-electron chi connectivity index (χ0n) is 18.6. The molecule has 0 fully saturated rings. The molecule has 33 heavy (non-hydrogen) atoms. The number of rotatable bonds is 2. The first kappa shape index (κ1) is 18.5. The third kappa shape index (κ3) is 2.67. The average molecular weight is 425 g/mol. The molecule has 6 aromatic rings. The molecule has 0 N–H and O–H groups in total. The lowest BCUT2D eigenvalue weighted by Crippen LogP contribution is -2.03. The molecule has 1 aliphatic carbocycles. The second-order valence-electron chi connectivity index (χ2n) is 9.05. The van der Waals surface area contributed by atoms with Crippen LogP contribution in [0.15, 0.2) is 97.1 Å². The van der Waals surface area contributed by atoms with Gasteiger partial charge in [0, 0.05) is 33.2 Å². The Morgan fingerprint density at radius 1 is 0.606 bits per heavy atom. The smallest absolute Gasteiger partial charge is 0.0541 e. The Balaban J connectivity index is 1.56. The Hall–Kier alpha value is -4.04. The summed E-state index contributed by atoms with van der Waals surface area (Å²) in [5, 5.41) is 3.96. The molecule has 0 aliphatic heterocycles. The van der Waals surface area contributed by atoms with Crippen LogP contribution < -0.4 is 0 Å². The maximum absolute atomic E-state index is 2.45. The zero-order chi connectivity index (χ0) is 21.9. The van der Waals surface area contributed by atoms with E-state index in [1.54, 1.807) is 0 Å². The molecule has 0 spiro atoms. The van der Waals surface area contributed by atoms with Gasteiger partial charge in [-0.3, -0.25) is 0 Å². The van der Waals surface area contributed by atoms with E-state index in [2.05, 4.69) is 119 Å². The topological polar surface area (TPSA) is 9.86 Å². The van der Waals surface area contributed by atoms with Crippen LogP contribution in [0.1, 0.15) is 23.2 Å². The van der Waals surface area contributed by atoms with Crippen LogP contribution >= 0.6 is 0 Å². The average Bonchev–Trinajstić information content (AvgIpc) is 3.37. The van der Waals surface area contributed by atoms with Gasteiger partial charge in [0.15, 0.2) is 0 Å². The fourth-order valence-corrected chi connectivity index (χ4v) is 5.67. The van der Waals surface area contributed by atoms with Gasteiger partial charge in [0.2, 0.25) is 0 Å². The summed E-state index contributed by atoms with van der Waals surface area (Å²) in [4.78, 5) is 0. The molecule has 0 saturated heterocycles. The highest BCUT2D eigenvalue weighted by Gasteiger charge is 2.19. The van der Waals surface area contributed by atoms with Gasteiger partial charge in [-0.05, 0) is 73.4 Å². The molecule has 2 nitrogen and oxygen atoms in total. The fourth-order valence-electron chi connectivity index (χ4n) is 5.67. The van der Waals surface area contributed by atoms with Gasteiger partial charge >= 0.3 is 0 Å². The van der Waals surface area contributed by atoms with Gasteiger partial charge in [-0.1, -0.05) is 60.7 Å². The number of allylic oxidation sites excluding steroid dienone is 1. The molecule has 0 atom stereocenters. The molecule has 4 aromatic carbocycles. The SMILES string of the molecule is Cc1cc(-n2c3c(c4ccccc42)CCC=C3)cc(-n2c3ccccc3c3ccccc32)c1. The van der Waals surface area contributed by atoms with Gasteiger partial charge < -0.3 is 9.13 Å². The van der Waals surface area contributed by atoms with Crippen LogP contribution in [0.2, 0.25) is 0 Å². The van der Waals surface area contributed by atoms with Crippen molar-refractivity contribution in [2.24, 2.45) is 0 Å². The maximum atomic E-state index is 2.45. The minimum atomic E-state index is 1.10. The predicted molar refractivity (Wildman–Crippen MR) is 140 cm³/mol. The maximum Gasteiger partial charge on any atom is 0.0541 e. The number of aromatic nitrogens is 2. The van der Waals surface area contributed by atoms with Gasteiger partial charge in [-0.25, -0.2) is 0 Å². The highest BCUT2D eigenvalue weighted by molar-refractivity contribution is 6.09. The minimum Gasteiger partial charge on any atom is -0.310 e. The van der Waals surface area contributed by atoms with Gasteiger partial charge in [0.25, 0.3) is 0 Å². The number of hydrogen-bond donors (Lipinski definition) is 0. The summed E-state index contributed by atoms with van der Waals surface area (Å²) < 4.78 is 4.86. The van der Waals surface area contributed by atoms with E-state index in [0.717, 1.165) is 12.8 Å². The first-order valence-electron chi connectivity index (χ1n) is 11.7. The Morgan fingerprint density at radius 3 is 1.82 bits per heavy atom. The monoisotopic (exact) mass is 424 g/mol. The lowest BCUT2D eigenvalue weighted by Gasteiger charge is -2.16. The predicted octanol–water partition coefficient (Wildman–Crippen LogP) is 8.00. The van der Waals surface area contributed by atoms with E-state index in [1.807, 2.05) is 0 Å². The number of hydrogen-bond acceptors (Lipinski definition) is 0. The number of nitrogens with zero attached hydrogens (tertiary/aromatic N) is 2. The van der Waals surface area contributed by atoms with Crippen molar-refractivity contribution in [2.75, 3.05) is 0 Å². The Kier molecular flexibility index (Phi) is 3.92. The summed E-state index contributed by atoms with van der Waals surface area (Å²) in [5.74, 6) is 0. The first-order chi connectivity index (χ1) is 16.3. The molecule has 2 aromatic heterocycles. The van der Waals surface area contributed by atoms with E-state index in [1.165, 1.54) is 60.9 Å². The Labute approximate surface area is 193 Å². The lowest BCUT2D eigenvalue weighted by atomic mass is 10.0. The summed E-state index contributed by atoms with van der Waals surface area (Å²) in [7, 11) is 0. The van der Waals surface area contributed by atoms with E-state index in [9.17, 15) is 0 Å². The van der Waals surface area contributed by atoms with Crippen LogP contribution in [0.3, 0.4) is 0 Å². The van der Waals surface area contributed by atoms with Crippen molar-refractivity contribution in [1.82, 2.24) is 9.13 Å². The van der Waals surface area contributed by atoms with Crippen LogP contribution in [-0.2, 0) is 6.42 Å². The molecule has 0 saturated carbocycles. The van der Waals surface area contributed by atoms with Gasteiger partial charge in [-0.2, -0.15) is 0 Å². The highest BCUT2D eigenvalue weighted by atomic mass is 15.0. The number of aryl methyl sites for hydroxylation is 2. The van der Waals surface area contributed by atoms with Crippen molar-refractivity contribution in [1.29, 1.82) is 0 Å². The summed E-state index contributed by atoms with van der Waals surface area (Å²) in [5.41, 5.74) is 10.2. The molecule has 0 unspecified atom stereocenters. The largest absolute Gasteiger partial charge is 0.310 e. The first-order valence-corrected chi connectivity index (χ1v) is 11.7. The van der Waals surface area contributed by atoms with Crippen LogP contribution in [0, 0.1) is 6.92 Å². The summed E-state index contributed by atoms with van der Waals surface area (Å²) >= 11 is 0. The molecule has 0 bridgehead atoms. The van der Waals surface area contributed by atoms with E-state index < -0.39 is 0 Å². The second-order valence-corrected chi connectivity index (χ2v) is 9.05. The molecular weight excluding hydrogens is 400 g/mol. The van der Waals surface area contributed by atoms with E-state index in [4.69, 9.17) is 0 Å². The molecule has 2 heteroatoms. The van der Waals surface area contributed by atoms with E-state index >= 15 is 0 Å². The van der Waals surface area contributed by atoms with Crippen molar-refractivity contribution >= 4 is 38.8 Å². The molecule has 0 amide bonds. The van der Waals surface area contributed by atoms with Crippen molar-refractivity contribution in [3.8, 4) is 11.4 Å². The third-order valence-electron chi connectivity index (χ3n) is 7.00. The number of para-hydroxylation sites is 3. The third-order valence-corrected chi connectivity index (χ3v) is 7.00. The zero-order valence-corrected chi connectivity index (χ0v) is 18.6. The standard InChI is InChI=1S/C31H24N2/c1-21-18-22(32-28-14-6-2-10-24(28)25-11-3-7-15-29(25)32)20-23(19-21)33-30-16-8-4-12-26(30)27-13-5-9-17-31(27)33/h2-4,6-12,14-20H,5,13H2,1H3. The van der Waals surface area contributed by atoms with Crippen LogP contribution in [0.4, 0.5) is 0 Å².